The van der Waals surface area contributed by atoms with Crippen LogP contribution in [-0.2, 0) is 5.41 Å². The van der Waals surface area contributed by atoms with Gasteiger partial charge in [0.15, 0.2) is 0 Å². The molecule has 0 N–H and O–H groups in total. The molecule has 0 atom stereocenters. The molecule has 0 spiro atoms. The maximum absolute atomic E-state index is 2.56. The standard InChI is InChI=1S/C59H44N2/c1-59(2)54-29-13-14-30-56(54)61(58-51-27-12-10-18-43(51)33-37-53(58)52-28-16-19-42-17-9-11-26-50(42)52)57-40-46(34-38-55(57)59)45-21-15-20-44(39-45)41-31-35-49(36-32-41)60(47-22-5-3-6-23-47)48-24-7-4-8-25-48/h3-40H,1-2H3. The third-order valence-corrected chi connectivity index (χ3v) is 12.6. The van der Waals surface area contributed by atoms with Crippen LogP contribution in [0.2, 0.25) is 0 Å². The Kier molecular flexibility index (Phi) is 8.86. The molecule has 0 amide bonds. The number of benzene rings is 10. The lowest BCUT2D eigenvalue weighted by Crippen LogP contribution is -2.31. The third-order valence-electron chi connectivity index (χ3n) is 12.6. The Labute approximate surface area is 358 Å². The summed E-state index contributed by atoms with van der Waals surface area (Å²) in [7, 11) is 0. The summed E-state index contributed by atoms with van der Waals surface area (Å²) in [5, 5.41) is 4.93. The minimum absolute atomic E-state index is 0.220. The summed E-state index contributed by atoms with van der Waals surface area (Å²) >= 11 is 0. The van der Waals surface area contributed by atoms with Gasteiger partial charge in [0, 0.05) is 33.4 Å². The average molecular weight is 781 g/mol. The van der Waals surface area contributed by atoms with Crippen LogP contribution in [0.4, 0.5) is 34.1 Å². The predicted octanol–water partition coefficient (Wildman–Crippen LogP) is 16.6. The normalized spacial score (nSPS) is 12.9. The van der Waals surface area contributed by atoms with Crippen molar-refractivity contribution in [3.63, 3.8) is 0 Å². The molecule has 10 aromatic carbocycles. The van der Waals surface area contributed by atoms with Gasteiger partial charge in [-0.05, 0) is 110 Å². The van der Waals surface area contributed by atoms with Crippen molar-refractivity contribution in [2.45, 2.75) is 19.3 Å². The van der Waals surface area contributed by atoms with E-state index in [9.17, 15) is 0 Å². The lowest BCUT2D eigenvalue weighted by molar-refractivity contribution is 0.632. The molecule has 2 nitrogen and oxygen atoms in total. The molecule has 10 aromatic rings. The van der Waals surface area contributed by atoms with Crippen LogP contribution in [0.15, 0.2) is 231 Å². The number of rotatable bonds is 7. The van der Waals surface area contributed by atoms with E-state index in [0.717, 1.165) is 17.1 Å². The Balaban J connectivity index is 1.05. The fourth-order valence-corrected chi connectivity index (χ4v) is 9.59. The minimum atomic E-state index is -0.220. The highest BCUT2D eigenvalue weighted by Gasteiger charge is 2.38. The maximum atomic E-state index is 2.56. The van der Waals surface area contributed by atoms with Gasteiger partial charge >= 0.3 is 0 Å². The van der Waals surface area contributed by atoms with Gasteiger partial charge in [-0.25, -0.2) is 0 Å². The van der Waals surface area contributed by atoms with Gasteiger partial charge in [0.1, 0.15) is 0 Å². The van der Waals surface area contributed by atoms with Crippen LogP contribution < -0.4 is 9.80 Å². The predicted molar refractivity (Wildman–Crippen MR) is 259 cm³/mol. The van der Waals surface area contributed by atoms with Gasteiger partial charge in [0.25, 0.3) is 0 Å². The summed E-state index contributed by atoms with van der Waals surface area (Å²) in [6.45, 7) is 4.74. The molecule has 1 aliphatic heterocycles. The molecule has 0 aromatic heterocycles. The topological polar surface area (TPSA) is 6.48 Å². The van der Waals surface area contributed by atoms with Crippen LogP contribution in [0.5, 0.6) is 0 Å². The molecule has 1 aliphatic rings. The second-order valence-electron chi connectivity index (χ2n) is 16.6. The van der Waals surface area contributed by atoms with Crippen LogP contribution in [0, 0.1) is 0 Å². The summed E-state index contributed by atoms with van der Waals surface area (Å²) in [4.78, 5) is 4.87. The molecule has 61 heavy (non-hydrogen) atoms. The van der Waals surface area contributed by atoms with Crippen LogP contribution in [0.25, 0.3) is 54.9 Å². The molecule has 1 heterocycles. The molecule has 11 rings (SSSR count). The number of nitrogens with zero attached hydrogens (tertiary/aromatic N) is 2. The zero-order valence-electron chi connectivity index (χ0n) is 34.3. The highest BCUT2D eigenvalue weighted by Crippen LogP contribution is 2.56. The van der Waals surface area contributed by atoms with Gasteiger partial charge in [-0.3, -0.25) is 0 Å². The van der Waals surface area contributed by atoms with Crippen molar-refractivity contribution in [2.24, 2.45) is 0 Å². The van der Waals surface area contributed by atoms with Crippen LogP contribution in [-0.4, -0.2) is 0 Å². The Bertz CT molecular complexity index is 3180. The Morgan fingerprint density at radius 3 is 1.61 bits per heavy atom. The Morgan fingerprint density at radius 2 is 0.869 bits per heavy atom. The summed E-state index contributed by atoms with van der Waals surface area (Å²) in [6.07, 6.45) is 0. The molecule has 0 radical (unpaired) electrons. The fraction of sp³-hybridized carbons (Fsp3) is 0.0508. The number of hydrogen-bond acceptors (Lipinski definition) is 2. The van der Waals surface area contributed by atoms with Crippen LogP contribution >= 0.6 is 0 Å². The second kappa shape index (κ2) is 14.9. The van der Waals surface area contributed by atoms with Crippen molar-refractivity contribution in [3.05, 3.63) is 242 Å². The van der Waals surface area contributed by atoms with E-state index in [1.807, 2.05) is 0 Å². The van der Waals surface area contributed by atoms with Crippen molar-refractivity contribution >= 4 is 55.7 Å². The quantitative estimate of drug-likeness (QED) is 0.159. The zero-order chi connectivity index (χ0) is 40.9. The van der Waals surface area contributed by atoms with E-state index in [4.69, 9.17) is 0 Å². The summed E-state index contributed by atoms with van der Waals surface area (Å²) < 4.78 is 0. The lowest BCUT2D eigenvalue weighted by Gasteiger charge is -2.43. The molecule has 0 bridgehead atoms. The molecule has 0 unspecified atom stereocenters. The van der Waals surface area contributed by atoms with Crippen molar-refractivity contribution < 1.29 is 0 Å². The molecule has 2 heteroatoms. The summed E-state index contributed by atoms with van der Waals surface area (Å²) in [5.41, 5.74) is 16.6. The zero-order valence-corrected chi connectivity index (χ0v) is 34.3. The Morgan fingerprint density at radius 1 is 0.344 bits per heavy atom. The number of fused-ring (bicyclic) bond motifs is 4. The van der Waals surface area contributed by atoms with Crippen LogP contribution in [0.1, 0.15) is 25.0 Å². The first-order valence-corrected chi connectivity index (χ1v) is 21.2. The van der Waals surface area contributed by atoms with E-state index >= 15 is 0 Å². The van der Waals surface area contributed by atoms with Gasteiger partial charge < -0.3 is 9.80 Å². The first-order chi connectivity index (χ1) is 30.0. The molecule has 0 fully saturated rings. The highest BCUT2D eigenvalue weighted by molar-refractivity contribution is 6.11. The van der Waals surface area contributed by atoms with Crippen molar-refractivity contribution in [1.82, 2.24) is 0 Å². The molecular weight excluding hydrogens is 737 g/mol. The van der Waals surface area contributed by atoms with Gasteiger partial charge in [0.05, 0.1) is 17.1 Å². The van der Waals surface area contributed by atoms with E-state index in [1.54, 1.807) is 0 Å². The largest absolute Gasteiger partial charge is 0.311 e. The molecular formula is C59H44N2. The molecule has 0 saturated heterocycles. The van der Waals surface area contributed by atoms with Crippen LogP contribution in [0.3, 0.4) is 0 Å². The molecule has 290 valence electrons. The fourth-order valence-electron chi connectivity index (χ4n) is 9.59. The monoisotopic (exact) mass is 780 g/mol. The first kappa shape index (κ1) is 36.4. The van der Waals surface area contributed by atoms with Crippen molar-refractivity contribution in [2.75, 3.05) is 9.80 Å². The first-order valence-electron chi connectivity index (χ1n) is 21.2. The second-order valence-corrected chi connectivity index (χ2v) is 16.6. The number of para-hydroxylation sites is 3. The van der Waals surface area contributed by atoms with Gasteiger partial charge in [-0.1, -0.05) is 190 Å². The highest BCUT2D eigenvalue weighted by atomic mass is 15.2. The Hall–Kier alpha value is -7.68. The maximum Gasteiger partial charge on any atom is 0.0618 e. The van der Waals surface area contributed by atoms with Crippen molar-refractivity contribution in [1.29, 1.82) is 0 Å². The van der Waals surface area contributed by atoms with Gasteiger partial charge in [-0.2, -0.15) is 0 Å². The van der Waals surface area contributed by atoms with E-state index in [0.29, 0.717) is 0 Å². The van der Waals surface area contributed by atoms with E-state index < -0.39 is 0 Å². The van der Waals surface area contributed by atoms with E-state index in [1.165, 1.54) is 83.1 Å². The molecule has 0 saturated carbocycles. The molecule has 0 aliphatic carbocycles. The van der Waals surface area contributed by atoms with E-state index in [-0.39, 0.29) is 5.41 Å². The van der Waals surface area contributed by atoms with Gasteiger partial charge in [0.2, 0.25) is 0 Å². The average Bonchev–Trinajstić information content (AvgIpc) is 3.32. The van der Waals surface area contributed by atoms with Crippen molar-refractivity contribution in [3.8, 4) is 33.4 Å². The number of anilines is 6. The summed E-state index contributed by atoms with van der Waals surface area (Å²) in [5.74, 6) is 0. The number of hydrogen-bond donors (Lipinski definition) is 0. The van der Waals surface area contributed by atoms with E-state index in [2.05, 4.69) is 254 Å². The third kappa shape index (κ3) is 6.27. The minimum Gasteiger partial charge on any atom is -0.311 e. The van der Waals surface area contributed by atoms with Gasteiger partial charge in [-0.15, -0.1) is 0 Å². The smallest absolute Gasteiger partial charge is 0.0618 e. The summed E-state index contributed by atoms with van der Waals surface area (Å²) in [6, 6.07) is 84.1. The SMILES string of the molecule is CC1(C)c2ccccc2N(c2c(-c3cccc4ccccc34)ccc3ccccc23)c2cc(-c3cccc(-c4ccc(N(c5ccccc5)c5ccccc5)cc4)c3)ccc21. The lowest BCUT2D eigenvalue weighted by atomic mass is 9.73.